The zero-order valence-electron chi connectivity index (χ0n) is 25.0. The Bertz CT molecular complexity index is 2050. The van der Waals surface area contributed by atoms with E-state index < -0.39 is 0 Å². The van der Waals surface area contributed by atoms with Gasteiger partial charge in [0.2, 0.25) is 0 Å². The summed E-state index contributed by atoms with van der Waals surface area (Å²) in [6, 6.07) is 40.0. The Labute approximate surface area is 262 Å². The minimum absolute atomic E-state index is 0.201. The summed E-state index contributed by atoms with van der Waals surface area (Å²) in [6.07, 6.45) is 7.25. The summed E-state index contributed by atoms with van der Waals surface area (Å²) in [6.45, 7) is 4.58. The molecule has 0 saturated heterocycles. The summed E-state index contributed by atoms with van der Waals surface area (Å²) in [5, 5.41) is 0. The number of aromatic nitrogens is 5. The molecule has 0 spiro atoms. The molecule has 3 aromatic heterocycles. The van der Waals surface area contributed by atoms with Crippen LogP contribution in [0.3, 0.4) is 0 Å². The van der Waals surface area contributed by atoms with Crippen molar-refractivity contribution in [1.82, 2.24) is 24.9 Å². The molecule has 3 heterocycles. The SMILES string of the molecule is CC1(C)c2ccccc2-c2cccc(-c3nc(-c4ccc(-c5ccncc5)cc4)nc(-c4ccc(-c5ccncc5)cc4)n3)c21. The molecule has 0 amide bonds. The molecule has 5 heteroatoms. The highest BCUT2D eigenvalue weighted by Gasteiger charge is 2.38. The van der Waals surface area contributed by atoms with Crippen LogP contribution < -0.4 is 0 Å². The standard InChI is InChI=1S/C40H29N5/c1-40(2)35-9-4-3-6-32(35)33-7-5-8-34(36(33)40)39-44-37(30-14-10-26(11-15-30)28-18-22-41-23-19-28)43-38(45-39)31-16-12-27(13-17-31)29-20-24-42-25-21-29/h3-25H,1-2H3. The van der Waals surface area contributed by atoms with Crippen molar-refractivity contribution in [1.29, 1.82) is 0 Å². The van der Waals surface area contributed by atoms with Crippen LogP contribution in [-0.4, -0.2) is 24.9 Å². The summed E-state index contributed by atoms with van der Waals surface area (Å²) in [5.41, 5.74) is 12.2. The van der Waals surface area contributed by atoms with Gasteiger partial charge in [0.25, 0.3) is 0 Å². The Morgan fingerprint density at radius 3 is 1.36 bits per heavy atom. The van der Waals surface area contributed by atoms with E-state index in [4.69, 9.17) is 15.0 Å². The van der Waals surface area contributed by atoms with Gasteiger partial charge in [-0.1, -0.05) is 105 Å². The van der Waals surface area contributed by atoms with E-state index >= 15 is 0 Å². The van der Waals surface area contributed by atoms with Gasteiger partial charge in [-0.05, 0) is 68.8 Å². The number of pyridine rings is 2. The first kappa shape index (κ1) is 26.8. The van der Waals surface area contributed by atoms with Crippen LogP contribution in [0.5, 0.6) is 0 Å². The number of hydrogen-bond donors (Lipinski definition) is 0. The third-order valence-corrected chi connectivity index (χ3v) is 8.77. The minimum atomic E-state index is -0.201. The average Bonchev–Trinajstić information content (AvgIpc) is 3.35. The predicted octanol–water partition coefficient (Wildman–Crippen LogP) is 9.30. The van der Waals surface area contributed by atoms with Gasteiger partial charge >= 0.3 is 0 Å². The van der Waals surface area contributed by atoms with Gasteiger partial charge in [-0.2, -0.15) is 0 Å². The van der Waals surface area contributed by atoms with Gasteiger partial charge in [0.05, 0.1) is 0 Å². The first-order valence-corrected chi connectivity index (χ1v) is 15.1. The van der Waals surface area contributed by atoms with Crippen LogP contribution in [0.25, 0.3) is 67.5 Å². The van der Waals surface area contributed by atoms with Crippen molar-refractivity contribution in [3.8, 4) is 67.5 Å². The number of benzene rings is 4. The topological polar surface area (TPSA) is 64.5 Å². The molecule has 7 aromatic rings. The highest BCUT2D eigenvalue weighted by molar-refractivity contribution is 5.87. The fourth-order valence-corrected chi connectivity index (χ4v) is 6.50. The van der Waals surface area contributed by atoms with Crippen LogP contribution >= 0.6 is 0 Å². The average molecular weight is 580 g/mol. The second kappa shape index (κ2) is 10.7. The quantitative estimate of drug-likeness (QED) is 0.203. The molecule has 0 saturated carbocycles. The number of fused-ring (bicyclic) bond motifs is 3. The molecule has 4 aromatic carbocycles. The Kier molecular flexibility index (Phi) is 6.38. The number of rotatable bonds is 5. The lowest BCUT2D eigenvalue weighted by molar-refractivity contribution is 0.661. The molecule has 214 valence electrons. The first-order chi connectivity index (χ1) is 22.1. The Morgan fingerprint density at radius 1 is 0.378 bits per heavy atom. The first-order valence-electron chi connectivity index (χ1n) is 15.1. The third-order valence-electron chi connectivity index (χ3n) is 8.77. The molecular weight excluding hydrogens is 550 g/mol. The molecule has 0 N–H and O–H groups in total. The maximum atomic E-state index is 5.13. The summed E-state index contributed by atoms with van der Waals surface area (Å²) in [7, 11) is 0. The van der Waals surface area contributed by atoms with E-state index in [1.54, 1.807) is 0 Å². The van der Waals surface area contributed by atoms with E-state index in [1.807, 2.05) is 49.1 Å². The van der Waals surface area contributed by atoms with Crippen LogP contribution in [0.1, 0.15) is 25.0 Å². The van der Waals surface area contributed by atoms with Crippen LogP contribution in [0.4, 0.5) is 0 Å². The second-order valence-corrected chi connectivity index (χ2v) is 11.8. The summed E-state index contributed by atoms with van der Waals surface area (Å²) in [4.78, 5) is 23.6. The summed E-state index contributed by atoms with van der Waals surface area (Å²) in [5.74, 6) is 1.95. The molecule has 0 fully saturated rings. The molecule has 1 aliphatic rings. The molecule has 0 unspecified atom stereocenters. The highest BCUT2D eigenvalue weighted by Crippen LogP contribution is 2.51. The molecule has 5 nitrogen and oxygen atoms in total. The van der Waals surface area contributed by atoms with E-state index in [9.17, 15) is 0 Å². The van der Waals surface area contributed by atoms with E-state index in [2.05, 4.69) is 115 Å². The normalized spacial score (nSPS) is 12.8. The Hall–Kier alpha value is -5.81. The maximum absolute atomic E-state index is 5.13. The lowest BCUT2D eigenvalue weighted by atomic mass is 9.80. The van der Waals surface area contributed by atoms with Crippen molar-refractivity contribution in [2.75, 3.05) is 0 Å². The van der Waals surface area contributed by atoms with Gasteiger partial charge in [0.1, 0.15) is 0 Å². The third kappa shape index (κ3) is 4.70. The van der Waals surface area contributed by atoms with Gasteiger partial charge in [-0.3, -0.25) is 9.97 Å². The lowest BCUT2D eigenvalue weighted by Crippen LogP contribution is -2.17. The monoisotopic (exact) mass is 579 g/mol. The fourth-order valence-electron chi connectivity index (χ4n) is 6.50. The van der Waals surface area contributed by atoms with Crippen LogP contribution in [0.15, 0.2) is 140 Å². The Balaban J connectivity index is 1.28. The molecule has 8 rings (SSSR count). The fraction of sp³-hybridized carbons (Fsp3) is 0.0750. The number of nitrogens with zero attached hydrogens (tertiary/aromatic N) is 5. The molecule has 0 bridgehead atoms. The van der Waals surface area contributed by atoms with Crippen LogP contribution in [-0.2, 0) is 5.41 Å². The van der Waals surface area contributed by atoms with Crippen molar-refractivity contribution < 1.29 is 0 Å². The van der Waals surface area contributed by atoms with Crippen molar-refractivity contribution in [3.63, 3.8) is 0 Å². The van der Waals surface area contributed by atoms with Crippen molar-refractivity contribution in [2.45, 2.75) is 19.3 Å². The molecule has 0 atom stereocenters. The van der Waals surface area contributed by atoms with Crippen molar-refractivity contribution in [2.24, 2.45) is 0 Å². The second-order valence-electron chi connectivity index (χ2n) is 11.8. The summed E-state index contributed by atoms with van der Waals surface area (Å²) < 4.78 is 0. The van der Waals surface area contributed by atoms with Gasteiger partial charge in [-0.25, -0.2) is 15.0 Å². The predicted molar refractivity (Wildman–Crippen MR) is 180 cm³/mol. The highest BCUT2D eigenvalue weighted by atomic mass is 15.0. The van der Waals surface area contributed by atoms with Gasteiger partial charge in [0.15, 0.2) is 17.5 Å². The lowest BCUT2D eigenvalue weighted by Gasteiger charge is -2.24. The van der Waals surface area contributed by atoms with Crippen molar-refractivity contribution >= 4 is 0 Å². The maximum Gasteiger partial charge on any atom is 0.164 e. The van der Waals surface area contributed by atoms with E-state index in [1.165, 1.54) is 22.3 Å². The van der Waals surface area contributed by atoms with E-state index in [0.29, 0.717) is 17.5 Å². The van der Waals surface area contributed by atoms with Crippen LogP contribution in [0.2, 0.25) is 0 Å². The smallest absolute Gasteiger partial charge is 0.164 e. The zero-order chi connectivity index (χ0) is 30.4. The molecule has 0 radical (unpaired) electrons. The number of hydrogen-bond acceptors (Lipinski definition) is 5. The van der Waals surface area contributed by atoms with Crippen molar-refractivity contribution in [3.05, 3.63) is 151 Å². The summed E-state index contributed by atoms with van der Waals surface area (Å²) >= 11 is 0. The molecular formula is C40H29N5. The van der Waals surface area contributed by atoms with Gasteiger partial charge in [0, 0.05) is 46.9 Å². The van der Waals surface area contributed by atoms with E-state index in [-0.39, 0.29) is 5.41 Å². The van der Waals surface area contributed by atoms with E-state index in [0.717, 1.165) is 38.9 Å². The molecule has 0 aliphatic heterocycles. The minimum Gasteiger partial charge on any atom is -0.265 e. The Morgan fingerprint density at radius 2 is 0.800 bits per heavy atom. The van der Waals surface area contributed by atoms with Gasteiger partial charge < -0.3 is 0 Å². The molecule has 45 heavy (non-hydrogen) atoms. The van der Waals surface area contributed by atoms with Crippen LogP contribution in [0, 0.1) is 0 Å². The molecule has 1 aliphatic carbocycles. The zero-order valence-corrected chi connectivity index (χ0v) is 25.0. The van der Waals surface area contributed by atoms with Gasteiger partial charge in [-0.15, -0.1) is 0 Å². The largest absolute Gasteiger partial charge is 0.265 e.